The van der Waals surface area contributed by atoms with Crippen LogP contribution in [-0.4, -0.2) is 4.57 Å². The maximum Gasteiger partial charge on any atom is 0.256 e. The third kappa shape index (κ3) is 22.1. The van der Waals surface area contributed by atoms with Crippen LogP contribution in [0.2, 0.25) is 0 Å². The molecule has 46 heavy (non-hydrogen) atoms. The summed E-state index contributed by atoms with van der Waals surface area (Å²) in [4.78, 5) is 0. The SMILES string of the molecule is CCCCCCCCCCCCCCCCCCn1cc[n+](CCCc2ccccc2)c1CCCCCCCCCCCCCC. The van der Waals surface area contributed by atoms with Gasteiger partial charge in [-0.2, -0.15) is 0 Å². The molecular formula is C44H79N2+. The molecule has 0 saturated carbocycles. The Labute approximate surface area is 288 Å². The lowest BCUT2D eigenvalue weighted by molar-refractivity contribution is -0.704. The smallest absolute Gasteiger partial charge is 0.234 e. The van der Waals surface area contributed by atoms with Gasteiger partial charge in [-0.1, -0.05) is 205 Å². The van der Waals surface area contributed by atoms with Gasteiger partial charge in [-0.3, -0.25) is 0 Å². The fourth-order valence-corrected chi connectivity index (χ4v) is 7.24. The van der Waals surface area contributed by atoms with Gasteiger partial charge in [-0.25, -0.2) is 9.13 Å². The lowest BCUT2D eigenvalue weighted by Crippen LogP contribution is -2.37. The van der Waals surface area contributed by atoms with Gasteiger partial charge in [0.15, 0.2) is 0 Å². The topological polar surface area (TPSA) is 8.81 Å². The molecular weight excluding hydrogens is 556 g/mol. The summed E-state index contributed by atoms with van der Waals surface area (Å²) in [5.74, 6) is 1.58. The van der Waals surface area contributed by atoms with E-state index < -0.39 is 0 Å². The Bertz CT molecular complexity index is 885. The number of unbranched alkanes of at least 4 members (excludes halogenated alkanes) is 26. The molecule has 0 saturated heterocycles. The number of benzene rings is 1. The van der Waals surface area contributed by atoms with Crippen LogP contribution < -0.4 is 4.57 Å². The molecule has 2 heteroatoms. The van der Waals surface area contributed by atoms with Crippen molar-refractivity contribution in [3.8, 4) is 0 Å². The predicted octanol–water partition coefficient (Wildman–Crippen LogP) is 13.9. The van der Waals surface area contributed by atoms with Gasteiger partial charge in [0.25, 0.3) is 5.82 Å². The summed E-state index contributed by atoms with van der Waals surface area (Å²) in [6.07, 6.45) is 48.6. The van der Waals surface area contributed by atoms with Crippen LogP contribution in [0.5, 0.6) is 0 Å². The predicted molar refractivity (Wildman–Crippen MR) is 204 cm³/mol. The zero-order valence-electron chi connectivity index (χ0n) is 31.3. The van der Waals surface area contributed by atoms with Crippen molar-refractivity contribution in [2.24, 2.45) is 0 Å². The van der Waals surface area contributed by atoms with E-state index >= 15 is 0 Å². The van der Waals surface area contributed by atoms with Gasteiger partial charge < -0.3 is 0 Å². The molecule has 0 aliphatic heterocycles. The molecule has 1 heterocycles. The van der Waals surface area contributed by atoms with Crippen LogP contribution in [0, 0.1) is 0 Å². The Balaban J connectivity index is 1.59. The first-order chi connectivity index (χ1) is 22.8. The van der Waals surface area contributed by atoms with Gasteiger partial charge in [0.1, 0.15) is 12.4 Å². The van der Waals surface area contributed by atoms with Crippen molar-refractivity contribution in [3.63, 3.8) is 0 Å². The molecule has 2 rings (SSSR count). The van der Waals surface area contributed by atoms with Crippen molar-refractivity contribution >= 4 is 0 Å². The summed E-state index contributed by atoms with van der Waals surface area (Å²) < 4.78 is 5.21. The first-order valence-corrected chi connectivity index (χ1v) is 21.0. The van der Waals surface area contributed by atoms with Gasteiger partial charge in [0.05, 0.1) is 13.1 Å². The molecule has 0 aliphatic rings. The largest absolute Gasteiger partial charge is 0.256 e. The second-order valence-electron chi connectivity index (χ2n) is 14.6. The molecule has 1 aromatic carbocycles. The van der Waals surface area contributed by atoms with Crippen LogP contribution in [-0.2, 0) is 25.9 Å². The number of rotatable bonds is 34. The monoisotopic (exact) mass is 636 g/mol. The highest BCUT2D eigenvalue weighted by Crippen LogP contribution is 2.16. The molecule has 0 atom stereocenters. The molecule has 0 bridgehead atoms. The average Bonchev–Trinajstić information content (AvgIpc) is 3.46. The minimum atomic E-state index is 1.15. The quantitative estimate of drug-likeness (QED) is 0.0534. The lowest BCUT2D eigenvalue weighted by Gasteiger charge is -2.07. The van der Waals surface area contributed by atoms with E-state index in [1.807, 2.05) is 0 Å². The van der Waals surface area contributed by atoms with Crippen LogP contribution in [0.1, 0.15) is 211 Å². The van der Waals surface area contributed by atoms with Crippen LogP contribution in [0.4, 0.5) is 0 Å². The number of imidazole rings is 1. The van der Waals surface area contributed by atoms with Gasteiger partial charge in [-0.05, 0) is 37.7 Å². The van der Waals surface area contributed by atoms with E-state index in [4.69, 9.17) is 0 Å². The fraction of sp³-hybridized carbons (Fsp3) is 0.795. The Kier molecular flexibility index (Phi) is 27.1. The molecule has 0 fully saturated rings. The minimum Gasteiger partial charge on any atom is -0.234 e. The Morgan fingerprint density at radius 1 is 0.435 bits per heavy atom. The highest BCUT2D eigenvalue weighted by Gasteiger charge is 2.16. The summed E-state index contributed by atoms with van der Waals surface area (Å²) >= 11 is 0. The summed E-state index contributed by atoms with van der Waals surface area (Å²) in [5.41, 5.74) is 1.47. The fourth-order valence-electron chi connectivity index (χ4n) is 7.24. The van der Waals surface area contributed by atoms with Crippen LogP contribution in [0.3, 0.4) is 0 Å². The Morgan fingerprint density at radius 2 is 0.848 bits per heavy atom. The highest BCUT2D eigenvalue weighted by molar-refractivity contribution is 5.14. The average molecular weight is 636 g/mol. The number of aryl methyl sites for hydroxylation is 3. The Morgan fingerprint density at radius 3 is 1.30 bits per heavy atom. The third-order valence-electron chi connectivity index (χ3n) is 10.3. The van der Waals surface area contributed by atoms with Crippen LogP contribution in [0.25, 0.3) is 0 Å². The molecule has 0 unspecified atom stereocenters. The van der Waals surface area contributed by atoms with E-state index in [0.717, 1.165) is 6.54 Å². The lowest BCUT2D eigenvalue weighted by atomic mass is 10.0. The van der Waals surface area contributed by atoms with Crippen LogP contribution >= 0.6 is 0 Å². The zero-order chi connectivity index (χ0) is 32.6. The van der Waals surface area contributed by atoms with Crippen molar-refractivity contribution in [1.29, 1.82) is 0 Å². The van der Waals surface area contributed by atoms with E-state index in [9.17, 15) is 0 Å². The van der Waals surface area contributed by atoms with E-state index in [1.165, 1.54) is 211 Å². The van der Waals surface area contributed by atoms with Gasteiger partial charge in [0, 0.05) is 6.42 Å². The molecule has 0 N–H and O–H groups in total. The summed E-state index contributed by atoms with van der Waals surface area (Å²) in [6, 6.07) is 11.0. The molecule has 2 nitrogen and oxygen atoms in total. The molecule has 1 aromatic heterocycles. The summed E-state index contributed by atoms with van der Waals surface area (Å²) in [6.45, 7) is 6.97. The minimum absolute atomic E-state index is 1.15. The third-order valence-corrected chi connectivity index (χ3v) is 10.3. The number of hydrogen-bond donors (Lipinski definition) is 0. The standard InChI is InChI=1S/C44H79N2/c1-3-5-7-9-11-13-15-17-18-19-20-22-24-26-28-33-39-45-41-42-46(40-34-37-43-35-30-29-31-36-43)44(45)38-32-27-25-23-21-16-14-12-10-8-6-4-2/h29-31,35-36,41-42H,3-28,32-34,37-40H2,1-2H3/q+1. The van der Waals surface area contributed by atoms with Gasteiger partial charge >= 0.3 is 0 Å². The van der Waals surface area contributed by atoms with E-state index in [0.29, 0.717) is 0 Å². The maximum absolute atomic E-state index is 2.62. The Hall–Kier alpha value is -1.57. The molecule has 0 radical (unpaired) electrons. The first-order valence-electron chi connectivity index (χ1n) is 21.0. The molecule has 0 amide bonds. The number of hydrogen-bond acceptors (Lipinski definition) is 0. The second-order valence-corrected chi connectivity index (χ2v) is 14.6. The maximum atomic E-state index is 2.62. The van der Waals surface area contributed by atoms with Gasteiger partial charge in [0.2, 0.25) is 0 Å². The van der Waals surface area contributed by atoms with Crippen LogP contribution in [0.15, 0.2) is 42.7 Å². The highest BCUT2D eigenvalue weighted by atomic mass is 15.1. The number of aromatic nitrogens is 2. The molecule has 0 spiro atoms. The van der Waals surface area contributed by atoms with E-state index in [1.54, 1.807) is 5.82 Å². The zero-order valence-corrected chi connectivity index (χ0v) is 31.3. The number of nitrogens with zero attached hydrogens (tertiary/aromatic N) is 2. The first kappa shape index (κ1) is 40.6. The van der Waals surface area contributed by atoms with E-state index in [-0.39, 0.29) is 0 Å². The van der Waals surface area contributed by atoms with E-state index in [2.05, 4.69) is 65.7 Å². The van der Waals surface area contributed by atoms with Crippen molar-refractivity contribution in [2.75, 3.05) is 0 Å². The van der Waals surface area contributed by atoms with Crippen molar-refractivity contribution in [3.05, 3.63) is 54.1 Å². The molecule has 0 aliphatic carbocycles. The van der Waals surface area contributed by atoms with Crippen molar-refractivity contribution < 1.29 is 4.57 Å². The summed E-state index contributed by atoms with van der Waals surface area (Å²) in [7, 11) is 0. The molecule has 2 aromatic rings. The normalized spacial score (nSPS) is 11.5. The molecule has 264 valence electrons. The van der Waals surface area contributed by atoms with Crippen molar-refractivity contribution in [2.45, 2.75) is 226 Å². The van der Waals surface area contributed by atoms with Gasteiger partial charge in [-0.15, -0.1) is 0 Å². The van der Waals surface area contributed by atoms with Crippen molar-refractivity contribution in [1.82, 2.24) is 4.57 Å². The second kappa shape index (κ2) is 30.7. The summed E-state index contributed by atoms with van der Waals surface area (Å²) in [5, 5.41) is 0.